The van der Waals surface area contributed by atoms with Crippen molar-refractivity contribution < 1.29 is 115 Å². The number of carbonyl (C=O) groups is 4. The lowest BCUT2D eigenvalue weighted by Gasteiger charge is -2.41. The van der Waals surface area contributed by atoms with E-state index in [1.807, 2.05) is 0 Å². The summed E-state index contributed by atoms with van der Waals surface area (Å²) < 4.78 is 21.1. The van der Waals surface area contributed by atoms with Crippen molar-refractivity contribution in [1.82, 2.24) is 9.80 Å². The quantitative estimate of drug-likeness (QED) is 0.0424. The molecule has 0 radical (unpaired) electrons. The molecule has 0 aliphatic carbocycles. The van der Waals surface area contributed by atoms with Gasteiger partial charge in [0.05, 0.1) is 32.0 Å². The maximum Gasteiger partial charge on any atom is 0.323 e. The highest BCUT2D eigenvalue weighted by Crippen LogP contribution is 2.26. The van der Waals surface area contributed by atoms with Crippen LogP contribution in [-0.4, -0.2) is 249 Å². The number of esters is 1. The average Bonchev–Trinajstić information content (AvgIpc) is 3.15. The van der Waals surface area contributed by atoms with Crippen LogP contribution in [0.3, 0.4) is 0 Å². The van der Waals surface area contributed by atoms with Crippen molar-refractivity contribution >= 4 is 23.8 Å². The first-order valence-corrected chi connectivity index (χ1v) is 17.8. The van der Waals surface area contributed by atoms with Gasteiger partial charge in [0.1, 0.15) is 86.3 Å². The van der Waals surface area contributed by atoms with Crippen LogP contribution in [0.2, 0.25) is 0 Å². The SMILES string of the molecule is O.O.O=C(O)CN(CC(=O)N(CC[C@H]1O[C@H](CO)[C@@H](O)[C@H](O)[C@@H]1O)CC[C@H]1O[C@H](CO)[C@@H](O)[C@H](O)[C@@H]1O)C(=O)CCCCC(=O)O[C@H]1O[C@H](CO)[C@@H](O)[C@H](O)[C@@H]1O. The molecule has 0 bridgehead atoms. The molecule has 3 heterocycles. The third kappa shape index (κ3) is 13.9. The Bertz CT molecular complexity index is 1200. The fraction of sp³-hybridized carbons (Fsp3) is 0.875. The van der Waals surface area contributed by atoms with Crippen LogP contribution >= 0.6 is 0 Å². The first kappa shape index (κ1) is 52.2. The minimum Gasteiger partial charge on any atom is -0.480 e. The van der Waals surface area contributed by atoms with Crippen molar-refractivity contribution in [2.45, 2.75) is 130 Å². The van der Waals surface area contributed by atoms with Gasteiger partial charge in [-0.1, -0.05) is 0 Å². The molecule has 15 atom stereocenters. The van der Waals surface area contributed by atoms with E-state index in [-0.39, 0.29) is 62.6 Å². The number of unbranched alkanes of at least 4 members (excludes halogenated alkanes) is 1. The Balaban J connectivity index is 0.00000812. The van der Waals surface area contributed by atoms with E-state index in [4.69, 9.17) is 18.9 Å². The molecule has 57 heavy (non-hydrogen) atoms. The molecule has 3 aliphatic heterocycles. The number of nitrogens with zero attached hydrogens (tertiary/aromatic N) is 2. The van der Waals surface area contributed by atoms with E-state index in [9.17, 15) is 85.6 Å². The molecule has 0 aromatic rings. The van der Waals surface area contributed by atoms with Crippen LogP contribution in [0.25, 0.3) is 0 Å². The molecule has 0 saturated carbocycles. The summed E-state index contributed by atoms with van der Waals surface area (Å²) in [6.07, 6.45) is -24.4. The molecule has 3 fully saturated rings. The summed E-state index contributed by atoms with van der Waals surface area (Å²) in [6.45, 7) is -4.47. The molecule has 25 heteroatoms. The highest BCUT2D eigenvalue weighted by molar-refractivity contribution is 5.87. The fourth-order valence-electron chi connectivity index (χ4n) is 6.48. The maximum absolute atomic E-state index is 13.7. The van der Waals surface area contributed by atoms with Crippen LogP contribution in [0.15, 0.2) is 0 Å². The molecule has 3 saturated heterocycles. The summed E-state index contributed by atoms with van der Waals surface area (Å²) in [6, 6.07) is 0. The van der Waals surface area contributed by atoms with E-state index < -0.39 is 148 Å². The number of carboxylic acid groups (broad SMARTS) is 1. The lowest BCUT2D eigenvalue weighted by atomic mass is 9.93. The molecule has 0 spiro atoms. The number of hydrogen-bond donors (Lipinski definition) is 13. The number of aliphatic hydroxyl groups excluding tert-OH is 12. The van der Waals surface area contributed by atoms with Crippen LogP contribution in [0.5, 0.6) is 0 Å². The Morgan fingerprint density at radius 2 is 0.895 bits per heavy atom. The number of ether oxygens (including phenoxy) is 4. The van der Waals surface area contributed by atoms with E-state index in [2.05, 4.69) is 0 Å². The molecule has 0 aromatic carbocycles. The van der Waals surface area contributed by atoms with Crippen molar-refractivity contribution in [3.8, 4) is 0 Å². The molecule has 3 aliphatic rings. The van der Waals surface area contributed by atoms with Gasteiger partial charge in [-0.2, -0.15) is 0 Å². The van der Waals surface area contributed by atoms with Gasteiger partial charge in [-0.25, -0.2) is 0 Å². The van der Waals surface area contributed by atoms with Crippen LogP contribution in [0, 0.1) is 0 Å². The number of aliphatic hydroxyl groups is 12. The molecule has 25 nitrogen and oxygen atoms in total. The number of aliphatic carboxylic acids is 1. The molecular weight excluding hydrogens is 780 g/mol. The molecular formula is C32H58N2O23. The fourth-order valence-corrected chi connectivity index (χ4v) is 6.48. The standard InChI is InChI=1S/C32H54N2O21.2H2O/c35-11-16-25(45)28(48)23(43)14(52-16)5-7-33(8-6-15-24(44)29(49)26(46)17(12-36)53-15)20(39)9-34(10-21(40)41)19(38)3-1-2-4-22(42)55-32-31(51)30(50)27(47)18(13-37)54-32;;/h14-18,23-32,35-37,43-51H,1-13H2,(H,40,41);2*1H2/t14-,15-,16-,17-,18-,23-,24-,25-,26-,27-,28-,29-,30+,31+,32-;;/m1../s1. The van der Waals surface area contributed by atoms with E-state index in [0.29, 0.717) is 0 Å². The van der Waals surface area contributed by atoms with Gasteiger partial charge in [-0.05, 0) is 25.7 Å². The van der Waals surface area contributed by atoms with E-state index in [0.717, 1.165) is 9.80 Å². The lowest BCUT2D eigenvalue weighted by Crippen LogP contribution is -2.59. The van der Waals surface area contributed by atoms with Crippen LogP contribution in [0.4, 0.5) is 0 Å². The van der Waals surface area contributed by atoms with Crippen molar-refractivity contribution in [2.75, 3.05) is 46.0 Å². The molecule has 2 amide bonds. The Morgan fingerprint density at radius 3 is 1.33 bits per heavy atom. The van der Waals surface area contributed by atoms with Gasteiger partial charge < -0.3 is 106 Å². The third-order valence-corrected chi connectivity index (χ3v) is 9.82. The van der Waals surface area contributed by atoms with Gasteiger partial charge in [0.25, 0.3) is 0 Å². The number of hydrogen-bond acceptors (Lipinski definition) is 20. The largest absolute Gasteiger partial charge is 0.480 e. The predicted octanol–water partition coefficient (Wildman–Crippen LogP) is -9.55. The predicted molar refractivity (Wildman–Crippen MR) is 183 cm³/mol. The smallest absolute Gasteiger partial charge is 0.323 e. The Morgan fingerprint density at radius 1 is 0.491 bits per heavy atom. The number of amides is 2. The molecule has 0 aromatic heterocycles. The zero-order valence-electron chi connectivity index (χ0n) is 30.8. The second-order valence-electron chi connectivity index (χ2n) is 13.7. The van der Waals surface area contributed by atoms with Gasteiger partial charge in [-0.15, -0.1) is 0 Å². The first-order chi connectivity index (χ1) is 25.9. The van der Waals surface area contributed by atoms with Crippen LogP contribution < -0.4 is 0 Å². The zero-order chi connectivity index (χ0) is 41.1. The second kappa shape index (κ2) is 24.3. The minimum atomic E-state index is -1.82. The van der Waals surface area contributed by atoms with Gasteiger partial charge >= 0.3 is 11.9 Å². The monoisotopic (exact) mass is 838 g/mol. The topological polar surface area (TPSA) is 438 Å². The van der Waals surface area contributed by atoms with Gasteiger partial charge in [0.2, 0.25) is 18.1 Å². The van der Waals surface area contributed by atoms with Crippen molar-refractivity contribution in [2.24, 2.45) is 0 Å². The van der Waals surface area contributed by atoms with Crippen LogP contribution in [-0.2, 0) is 38.1 Å². The first-order valence-electron chi connectivity index (χ1n) is 17.8. The van der Waals surface area contributed by atoms with Gasteiger partial charge in [0, 0.05) is 25.9 Å². The minimum absolute atomic E-state index is 0. The van der Waals surface area contributed by atoms with Crippen molar-refractivity contribution in [1.29, 1.82) is 0 Å². The molecule has 334 valence electrons. The molecule has 3 rings (SSSR count). The van der Waals surface area contributed by atoms with Crippen LogP contribution in [0.1, 0.15) is 38.5 Å². The second-order valence-corrected chi connectivity index (χ2v) is 13.7. The lowest BCUT2D eigenvalue weighted by molar-refractivity contribution is -0.292. The summed E-state index contributed by atoms with van der Waals surface area (Å²) in [7, 11) is 0. The van der Waals surface area contributed by atoms with E-state index in [1.165, 1.54) is 0 Å². The Hall–Kier alpha value is -2.80. The average molecular weight is 839 g/mol. The van der Waals surface area contributed by atoms with E-state index in [1.54, 1.807) is 0 Å². The normalized spacial score (nSPS) is 35.3. The summed E-state index contributed by atoms with van der Waals surface area (Å²) in [5.74, 6) is -4.05. The Kier molecular flexibility index (Phi) is 22.3. The number of rotatable bonds is 19. The van der Waals surface area contributed by atoms with Gasteiger partial charge in [0.15, 0.2) is 0 Å². The maximum atomic E-state index is 13.7. The molecule has 17 N–H and O–H groups in total. The number of carboxylic acids is 1. The van der Waals surface area contributed by atoms with E-state index >= 15 is 0 Å². The summed E-state index contributed by atoms with van der Waals surface area (Å²) in [5.41, 5.74) is 0. The van der Waals surface area contributed by atoms with Crippen molar-refractivity contribution in [3.63, 3.8) is 0 Å². The third-order valence-electron chi connectivity index (χ3n) is 9.82. The van der Waals surface area contributed by atoms with Crippen molar-refractivity contribution in [3.05, 3.63) is 0 Å². The molecule has 0 unspecified atom stereocenters. The summed E-state index contributed by atoms with van der Waals surface area (Å²) in [5, 5.41) is 129. The summed E-state index contributed by atoms with van der Waals surface area (Å²) >= 11 is 0. The zero-order valence-corrected chi connectivity index (χ0v) is 30.8. The highest BCUT2D eigenvalue weighted by Gasteiger charge is 2.46. The number of carbonyl (C=O) groups excluding carboxylic acids is 3. The Labute approximate surface area is 325 Å². The van der Waals surface area contributed by atoms with Gasteiger partial charge in [-0.3, -0.25) is 19.2 Å². The highest BCUT2D eigenvalue weighted by atomic mass is 16.7. The summed E-state index contributed by atoms with van der Waals surface area (Å²) in [4.78, 5) is 52.7.